The number of hydrogen-bond acceptors (Lipinski definition) is 8. The molecule has 1 aromatic carbocycles. The molecule has 0 spiro atoms. The molecule has 47 heavy (non-hydrogen) atoms. The molecule has 13 heteroatoms. The van der Waals surface area contributed by atoms with Crippen molar-refractivity contribution < 1.29 is 19.1 Å². The number of fused-ring (bicyclic) bond motifs is 1. The number of rotatable bonds is 12. The summed E-state index contributed by atoms with van der Waals surface area (Å²) < 4.78 is 7.02. The summed E-state index contributed by atoms with van der Waals surface area (Å²) in [5, 5.41) is 10.9. The predicted molar refractivity (Wildman–Crippen MR) is 182 cm³/mol. The number of nitrogens with zero attached hydrogens (tertiary/aromatic N) is 3. The van der Waals surface area contributed by atoms with E-state index in [0.717, 1.165) is 42.4 Å². The standard InChI is InChI=1S/C34H42N8O5/c1-34(2,3)47-33(46)38-16-7-5-6-8-17-42-26-18-24(21-39-28(26)29(43)27(30(42)35)31(44)36-4)23-11-13-25(14-12-23)41-32(45)40-20-22-10-9-15-37-19-22/h9-15,18-19,21H,5-8,16-17,20,35H2,1-4H3,(H,36,44)(H,38,46)(H2,40,41,45). The Labute approximate surface area is 273 Å². The van der Waals surface area contributed by atoms with E-state index in [9.17, 15) is 19.2 Å². The summed E-state index contributed by atoms with van der Waals surface area (Å²) in [6.07, 6.45) is 7.67. The van der Waals surface area contributed by atoms with Crippen LogP contribution in [0.2, 0.25) is 0 Å². The first kappa shape index (κ1) is 34.4. The number of nitrogens with two attached hydrogens (primary N) is 1. The second kappa shape index (κ2) is 15.7. The number of anilines is 2. The molecular weight excluding hydrogens is 600 g/mol. The number of nitrogens with one attached hydrogen (secondary N) is 4. The lowest BCUT2D eigenvalue weighted by Gasteiger charge is -2.19. The van der Waals surface area contributed by atoms with Crippen LogP contribution < -0.4 is 32.4 Å². The van der Waals surface area contributed by atoms with Gasteiger partial charge in [0.1, 0.15) is 22.5 Å². The van der Waals surface area contributed by atoms with E-state index in [-0.39, 0.29) is 22.9 Å². The van der Waals surface area contributed by atoms with Crippen LogP contribution in [-0.4, -0.2) is 51.8 Å². The summed E-state index contributed by atoms with van der Waals surface area (Å²) >= 11 is 0. The Balaban J connectivity index is 1.46. The van der Waals surface area contributed by atoms with Gasteiger partial charge in [-0.3, -0.25) is 14.6 Å². The predicted octanol–water partition coefficient (Wildman–Crippen LogP) is 4.81. The topological polar surface area (TPSA) is 182 Å². The van der Waals surface area contributed by atoms with Crippen molar-refractivity contribution in [1.82, 2.24) is 30.5 Å². The number of pyridine rings is 3. The monoisotopic (exact) mass is 642 g/mol. The molecule has 3 aromatic heterocycles. The van der Waals surface area contributed by atoms with E-state index in [1.807, 2.05) is 45.0 Å². The van der Waals surface area contributed by atoms with Gasteiger partial charge in [0.2, 0.25) is 5.43 Å². The molecule has 0 aliphatic rings. The van der Waals surface area contributed by atoms with Gasteiger partial charge in [0.15, 0.2) is 0 Å². The van der Waals surface area contributed by atoms with Gasteiger partial charge < -0.3 is 36.3 Å². The molecule has 13 nitrogen and oxygen atoms in total. The van der Waals surface area contributed by atoms with Crippen LogP contribution in [0.4, 0.5) is 21.1 Å². The summed E-state index contributed by atoms with van der Waals surface area (Å²) in [7, 11) is 1.44. The third-order valence-electron chi connectivity index (χ3n) is 7.23. The van der Waals surface area contributed by atoms with Crippen molar-refractivity contribution in [3.05, 3.63) is 82.4 Å². The average Bonchev–Trinajstić information content (AvgIpc) is 3.04. The van der Waals surface area contributed by atoms with E-state index in [1.54, 1.807) is 41.4 Å². The van der Waals surface area contributed by atoms with Crippen molar-refractivity contribution in [3.8, 4) is 11.1 Å². The molecule has 0 saturated carbocycles. The highest BCUT2D eigenvalue weighted by molar-refractivity contribution is 6.01. The summed E-state index contributed by atoms with van der Waals surface area (Å²) in [5.41, 5.74) is 8.92. The van der Waals surface area contributed by atoms with E-state index in [0.29, 0.717) is 30.8 Å². The van der Waals surface area contributed by atoms with Gasteiger partial charge in [0.05, 0.1) is 5.52 Å². The number of carbonyl (C=O) groups is 3. The normalized spacial score (nSPS) is 11.1. The second-order valence-corrected chi connectivity index (χ2v) is 12.0. The SMILES string of the molecule is CNC(=O)c1c(N)n(CCCCCCNC(=O)OC(C)(C)C)c2cc(-c3ccc(NC(=O)NCc4cccnc4)cc3)cnc2c1=O. The third-order valence-corrected chi connectivity index (χ3v) is 7.23. The minimum atomic E-state index is -0.574. The van der Waals surface area contributed by atoms with Crippen molar-refractivity contribution in [2.75, 3.05) is 24.6 Å². The lowest BCUT2D eigenvalue weighted by molar-refractivity contribution is 0.0526. The number of carbonyl (C=O) groups excluding carboxylic acids is 3. The lowest BCUT2D eigenvalue weighted by atomic mass is 10.1. The minimum absolute atomic E-state index is 0.0734. The van der Waals surface area contributed by atoms with Crippen LogP contribution in [0.3, 0.4) is 0 Å². The van der Waals surface area contributed by atoms with E-state index in [4.69, 9.17) is 10.5 Å². The maximum Gasteiger partial charge on any atom is 0.407 e. The van der Waals surface area contributed by atoms with E-state index in [1.165, 1.54) is 7.05 Å². The van der Waals surface area contributed by atoms with Gasteiger partial charge >= 0.3 is 12.1 Å². The van der Waals surface area contributed by atoms with Crippen LogP contribution in [0, 0.1) is 0 Å². The Kier molecular flexibility index (Phi) is 11.5. The highest BCUT2D eigenvalue weighted by Gasteiger charge is 2.21. The molecule has 6 N–H and O–H groups in total. The Morgan fingerprint density at radius 1 is 0.957 bits per heavy atom. The molecule has 0 atom stereocenters. The van der Waals surface area contributed by atoms with Crippen LogP contribution >= 0.6 is 0 Å². The summed E-state index contributed by atoms with van der Waals surface area (Å²) in [6, 6.07) is 12.4. The highest BCUT2D eigenvalue weighted by Crippen LogP contribution is 2.26. The van der Waals surface area contributed by atoms with E-state index < -0.39 is 23.0 Å². The van der Waals surface area contributed by atoms with Crippen LogP contribution in [0.1, 0.15) is 62.4 Å². The molecule has 0 saturated heterocycles. The molecule has 0 fully saturated rings. The Morgan fingerprint density at radius 3 is 2.38 bits per heavy atom. The summed E-state index contributed by atoms with van der Waals surface area (Å²) in [5.74, 6) is -0.501. The summed E-state index contributed by atoms with van der Waals surface area (Å²) in [6.45, 7) is 6.74. The van der Waals surface area contributed by atoms with E-state index >= 15 is 0 Å². The van der Waals surface area contributed by atoms with Crippen molar-refractivity contribution in [1.29, 1.82) is 0 Å². The zero-order chi connectivity index (χ0) is 34.0. The number of unbranched alkanes of at least 4 members (excludes halogenated alkanes) is 3. The van der Waals surface area contributed by atoms with Gasteiger partial charge in [0, 0.05) is 56.5 Å². The first-order valence-corrected chi connectivity index (χ1v) is 15.5. The molecule has 0 radical (unpaired) electrons. The van der Waals surface area contributed by atoms with Crippen molar-refractivity contribution in [3.63, 3.8) is 0 Å². The number of alkyl carbamates (subject to hydrolysis) is 1. The number of nitrogen functional groups attached to an aromatic ring is 1. The van der Waals surface area contributed by atoms with Gasteiger partial charge in [-0.05, 0) is 69.0 Å². The number of hydrogen-bond donors (Lipinski definition) is 5. The fourth-order valence-electron chi connectivity index (χ4n) is 4.94. The fourth-order valence-corrected chi connectivity index (χ4v) is 4.94. The molecule has 248 valence electrons. The average molecular weight is 643 g/mol. The van der Waals surface area contributed by atoms with Crippen LogP contribution in [-0.2, 0) is 17.8 Å². The van der Waals surface area contributed by atoms with Crippen molar-refractivity contribution >= 4 is 40.6 Å². The molecule has 4 rings (SSSR count). The molecular formula is C34H42N8O5. The van der Waals surface area contributed by atoms with Crippen LogP contribution in [0.25, 0.3) is 22.2 Å². The first-order valence-electron chi connectivity index (χ1n) is 15.5. The quantitative estimate of drug-likeness (QED) is 0.136. The zero-order valence-electron chi connectivity index (χ0n) is 27.2. The zero-order valence-corrected chi connectivity index (χ0v) is 27.2. The molecule has 3 heterocycles. The summed E-state index contributed by atoms with van der Waals surface area (Å²) in [4.78, 5) is 58.7. The van der Waals surface area contributed by atoms with Gasteiger partial charge in [-0.1, -0.05) is 31.0 Å². The van der Waals surface area contributed by atoms with Crippen molar-refractivity contribution in [2.24, 2.45) is 0 Å². The number of amides is 4. The molecule has 4 aromatic rings. The number of aromatic nitrogens is 3. The van der Waals surface area contributed by atoms with Crippen LogP contribution in [0.5, 0.6) is 0 Å². The number of urea groups is 1. The maximum atomic E-state index is 13.3. The smallest absolute Gasteiger partial charge is 0.407 e. The molecule has 0 unspecified atom stereocenters. The molecule has 0 aliphatic carbocycles. The fraction of sp³-hybridized carbons (Fsp3) is 0.353. The molecule has 0 bridgehead atoms. The minimum Gasteiger partial charge on any atom is -0.444 e. The van der Waals surface area contributed by atoms with Gasteiger partial charge in [-0.2, -0.15) is 0 Å². The largest absolute Gasteiger partial charge is 0.444 e. The van der Waals surface area contributed by atoms with E-state index in [2.05, 4.69) is 31.2 Å². The lowest BCUT2D eigenvalue weighted by Crippen LogP contribution is -2.33. The van der Waals surface area contributed by atoms with Gasteiger partial charge in [-0.15, -0.1) is 0 Å². The molecule has 0 aliphatic heterocycles. The first-order chi connectivity index (χ1) is 22.5. The maximum absolute atomic E-state index is 13.3. The Morgan fingerprint density at radius 2 is 1.70 bits per heavy atom. The van der Waals surface area contributed by atoms with Crippen LogP contribution in [0.15, 0.2) is 65.8 Å². The van der Waals surface area contributed by atoms with Gasteiger partial charge in [-0.25, -0.2) is 14.6 Å². The second-order valence-electron chi connectivity index (χ2n) is 12.0. The van der Waals surface area contributed by atoms with Crippen molar-refractivity contribution in [2.45, 2.75) is 65.1 Å². The highest BCUT2D eigenvalue weighted by atomic mass is 16.6. The molecule has 4 amide bonds. The number of ether oxygens (including phenoxy) is 1. The van der Waals surface area contributed by atoms with Gasteiger partial charge in [0.25, 0.3) is 5.91 Å². The number of aryl methyl sites for hydroxylation is 1. The Bertz CT molecular complexity index is 1770. The Hall–Kier alpha value is -5.46. The number of benzene rings is 1. The third kappa shape index (κ3) is 9.52.